The molecule has 1 aromatic rings. The summed E-state index contributed by atoms with van der Waals surface area (Å²) in [7, 11) is 0. The first-order chi connectivity index (χ1) is 8.81. The van der Waals surface area contributed by atoms with Gasteiger partial charge in [0.05, 0.1) is 16.7 Å². The van der Waals surface area contributed by atoms with E-state index in [4.69, 9.17) is 0 Å². The fraction of sp³-hybridized carbons (Fsp3) is 0.667. The molecular formula is C15H24N2S. The molecule has 1 unspecified atom stereocenters. The van der Waals surface area contributed by atoms with Crippen LogP contribution in [0.3, 0.4) is 0 Å². The van der Waals surface area contributed by atoms with Crippen LogP contribution in [0.15, 0.2) is 17.0 Å². The highest BCUT2D eigenvalue weighted by Crippen LogP contribution is 2.29. The van der Waals surface area contributed by atoms with Crippen molar-refractivity contribution in [2.45, 2.75) is 58.4 Å². The Hall–Kier alpha value is -0.670. The van der Waals surface area contributed by atoms with Crippen LogP contribution in [0.4, 0.5) is 0 Å². The van der Waals surface area contributed by atoms with Gasteiger partial charge in [-0.15, -0.1) is 11.3 Å². The van der Waals surface area contributed by atoms with Gasteiger partial charge < -0.3 is 5.32 Å². The predicted molar refractivity (Wildman–Crippen MR) is 79.1 cm³/mol. The Balaban J connectivity index is 2.17. The smallest absolute Gasteiger partial charge is 0.0898 e. The maximum atomic E-state index is 4.67. The van der Waals surface area contributed by atoms with Crippen LogP contribution in [-0.4, -0.2) is 11.5 Å². The average molecular weight is 264 g/mol. The number of aromatic nitrogens is 1. The van der Waals surface area contributed by atoms with Crippen molar-refractivity contribution < 1.29 is 0 Å². The lowest BCUT2D eigenvalue weighted by molar-refractivity contribution is 0.547. The van der Waals surface area contributed by atoms with E-state index >= 15 is 0 Å². The van der Waals surface area contributed by atoms with Crippen LogP contribution in [-0.2, 0) is 0 Å². The summed E-state index contributed by atoms with van der Waals surface area (Å²) in [6, 6.07) is 0.345. The van der Waals surface area contributed by atoms with Crippen molar-refractivity contribution in [2.75, 3.05) is 6.54 Å². The zero-order chi connectivity index (χ0) is 12.8. The average Bonchev–Trinajstić information content (AvgIpc) is 2.73. The van der Waals surface area contributed by atoms with Gasteiger partial charge in [0.25, 0.3) is 0 Å². The van der Waals surface area contributed by atoms with Gasteiger partial charge in [-0.25, -0.2) is 4.98 Å². The van der Waals surface area contributed by atoms with Crippen molar-refractivity contribution in [3.63, 3.8) is 0 Å². The van der Waals surface area contributed by atoms with Gasteiger partial charge in [0.15, 0.2) is 0 Å². The molecule has 0 bridgehead atoms. The van der Waals surface area contributed by atoms with Gasteiger partial charge in [0.2, 0.25) is 0 Å². The Morgan fingerprint density at radius 1 is 1.33 bits per heavy atom. The lowest BCUT2D eigenvalue weighted by Crippen LogP contribution is -2.23. The number of hydrogen-bond donors (Lipinski definition) is 1. The molecule has 18 heavy (non-hydrogen) atoms. The Morgan fingerprint density at radius 3 is 2.89 bits per heavy atom. The molecule has 0 spiro atoms. The zero-order valence-electron chi connectivity index (χ0n) is 11.5. The normalized spacial score (nSPS) is 18.9. The number of rotatable bonds is 4. The Bertz CT molecular complexity index is 395. The molecule has 1 aromatic heterocycles. The van der Waals surface area contributed by atoms with Gasteiger partial charge in [-0.05, 0) is 39.2 Å². The van der Waals surface area contributed by atoms with Gasteiger partial charge in [0, 0.05) is 5.38 Å². The number of thiazole rings is 1. The molecular weight excluding hydrogens is 240 g/mol. The van der Waals surface area contributed by atoms with Crippen molar-refractivity contribution in [2.24, 2.45) is 0 Å². The fourth-order valence-electron chi connectivity index (χ4n) is 2.62. The third-order valence-corrected chi connectivity index (χ3v) is 4.33. The minimum Gasteiger partial charge on any atom is -0.305 e. The highest BCUT2D eigenvalue weighted by atomic mass is 32.1. The van der Waals surface area contributed by atoms with Crippen LogP contribution in [0.25, 0.3) is 0 Å². The molecule has 1 heterocycles. The third kappa shape index (κ3) is 3.66. The summed E-state index contributed by atoms with van der Waals surface area (Å²) in [5, 5.41) is 6.98. The van der Waals surface area contributed by atoms with E-state index in [0.29, 0.717) is 6.04 Å². The Kier molecular flexibility index (Phi) is 5.39. The topological polar surface area (TPSA) is 24.9 Å². The van der Waals surface area contributed by atoms with Crippen LogP contribution in [0.1, 0.15) is 62.2 Å². The quantitative estimate of drug-likeness (QED) is 0.816. The molecule has 1 aliphatic rings. The monoisotopic (exact) mass is 264 g/mol. The van der Waals surface area contributed by atoms with E-state index in [1.54, 1.807) is 16.9 Å². The van der Waals surface area contributed by atoms with E-state index in [1.165, 1.54) is 49.2 Å². The first-order valence-electron chi connectivity index (χ1n) is 7.15. The van der Waals surface area contributed by atoms with Crippen molar-refractivity contribution in [3.05, 3.63) is 27.7 Å². The standard InChI is InChI=1S/C15H24N2S/c1-3-16-15(14-11-18-12(2)17-14)13-9-7-5-4-6-8-10-13/h9,11,15-16H,3-8,10H2,1-2H3. The number of allylic oxidation sites excluding steroid dienone is 1. The van der Waals surface area contributed by atoms with E-state index in [2.05, 4.69) is 35.6 Å². The first kappa shape index (κ1) is 13.8. The maximum Gasteiger partial charge on any atom is 0.0898 e. The molecule has 1 aliphatic carbocycles. The number of nitrogens with zero attached hydrogens (tertiary/aromatic N) is 1. The second-order valence-corrected chi connectivity index (χ2v) is 6.08. The summed E-state index contributed by atoms with van der Waals surface area (Å²) in [4.78, 5) is 4.67. The summed E-state index contributed by atoms with van der Waals surface area (Å²) >= 11 is 1.75. The highest BCUT2D eigenvalue weighted by Gasteiger charge is 2.18. The van der Waals surface area contributed by atoms with Crippen molar-refractivity contribution >= 4 is 11.3 Å². The van der Waals surface area contributed by atoms with Crippen LogP contribution in [0.5, 0.6) is 0 Å². The minimum atomic E-state index is 0.345. The predicted octanol–water partition coefficient (Wildman–Crippen LogP) is 4.38. The highest BCUT2D eigenvalue weighted by molar-refractivity contribution is 7.09. The maximum absolute atomic E-state index is 4.67. The lowest BCUT2D eigenvalue weighted by Gasteiger charge is -2.21. The molecule has 0 saturated carbocycles. The first-order valence-corrected chi connectivity index (χ1v) is 8.03. The molecule has 0 fully saturated rings. The van der Waals surface area contributed by atoms with E-state index in [0.717, 1.165) is 6.54 Å². The largest absolute Gasteiger partial charge is 0.305 e. The molecule has 1 atom stereocenters. The zero-order valence-corrected chi connectivity index (χ0v) is 12.4. The summed E-state index contributed by atoms with van der Waals surface area (Å²) in [6.07, 6.45) is 10.4. The minimum absolute atomic E-state index is 0.345. The molecule has 2 rings (SSSR count). The molecule has 1 N–H and O–H groups in total. The summed E-state index contributed by atoms with van der Waals surface area (Å²) in [5.41, 5.74) is 2.77. The van der Waals surface area contributed by atoms with E-state index in [1.807, 2.05) is 0 Å². The second kappa shape index (κ2) is 7.05. The van der Waals surface area contributed by atoms with Crippen LogP contribution >= 0.6 is 11.3 Å². The summed E-state index contributed by atoms with van der Waals surface area (Å²) in [5.74, 6) is 0. The molecule has 100 valence electrons. The Labute approximate surface area is 115 Å². The van der Waals surface area contributed by atoms with E-state index in [9.17, 15) is 0 Å². The summed E-state index contributed by atoms with van der Waals surface area (Å²) < 4.78 is 0. The van der Waals surface area contributed by atoms with E-state index in [-0.39, 0.29) is 0 Å². The number of likely N-dealkylation sites (N-methyl/N-ethyl adjacent to an activating group) is 1. The molecule has 2 nitrogen and oxygen atoms in total. The van der Waals surface area contributed by atoms with Gasteiger partial charge in [0.1, 0.15) is 0 Å². The third-order valence-electron chi connectivity index (χ3n) is 3.54. The molecule has 0 amide bonds. The van der Waals surface area contributed by atoms with Crippen LogP contribution in [0, 0.1) is 6.92 Å². The lowest BCUT2D eigenvalue weighted by atomic mass is 9.93. The molecule has 0 aromatic carbocycles. The number of hydrogen-bond acceptors (Lipinski definition) is 3. The van der Waals surface area contributed by atoms with Gasteiger partial charge in [-0.2, -0.15) is 0 Å². The van der Waals surface area contributed by atoms with Crippen molar-refractivity contribution in [3.8, 4) is 0 Å². The van der Waals surface area contributed by atoms with Gasteiger partial charge in [-0.1, -0.05) is 31.4 Å². The van der Waals surface area contributed by atoms with Gasteiger partial charge in [-0.3, -0.25) is 0 Å². The van der Waals surface area contributed by atoms with Crippen LogP contribution in [0.2, 0.25) is 0 Å². The van der Waals surface area contributed by atoms with Crippen LogP contribution < -0.4 is 5.32 Å². The fourth-order valence-corrected chi connectivity index (χ4v) is 3.26. The van der Waals surface area contributed by atoms with Crippen molar-refractivity contribution in [1.29, 1.82) is 0 Å². The van der Waals surface area contributed by atoms with E-state index < -0.39 is 0 Å². The number of nitrogens with one attached hydrogen (secondary N) is 1. The van der Waals surface area contributed by atoms with Gasteiger partial charge >= 0.3 is 0 Å². The second-order valence-electron chi connectivity index (χ2n) is 5.01. The molecule has 0 radical (unpaired) electrons. The molecule has 0 aliphatic heterocycles. The SMILES string of the molecule is CCNC(C1=CCCCCCC1)c1csc(C)n1. The molecule has 0 saturated heterocycles. The van der Waals surface area contributed by atoms with Crippen molar-refractivity contribution in [1.82, 2.24) is 10.3 Å². The molecule has 3 heteroatoms. The Morgan fingerprint density at radius 2 is 2.17 bits per heavy atom. The summed E-state index contributed by atoms with van der Waals surface area (Å²) in [6.45, 7) is 5.26. The number of aryl methyl sites for hydroxylation is 1.